The van der Waals surface area contributed by atoms with Crippen molar-refractivity contribution in [2.45, 2.75) is 26.7 Å². The summed E-state index contributed by atoms with van der Waals surface area (Å²) in [6, 6.07) is 11.6. The van der Waals surface area contributed by atoms with Crippen LogP contribution in [0.1, 0.15) is 35.9 Å². The van der Waals surface area contributed by atoms with Crippen LogP contribution in [0, 0.1) is 12.8 Å². The lowest BCUT2D eigenvalue weighted by molar-refractivity contribution is 0.0685. The zero-order chi connectivity index (χ0) is 18.1. The van der Waals surface area contributed by atoms with Gasteiger partial charge in [0.05, 0.1) is 12.0 Å². The van der Waals surface area contributed by atoms with E-state index in [1.165, 1.54) is 0 Å². The highest BCUT2D eigenvalue weighted by Crippen LogP contribution is 2.24. The third kappa shape index (κ3) is 3.14. The summed E-state index contributed by atoms with van der Waals surface area (Å²) >= 11 is 0. The number of aryl methyl sites for hydroxylation is 1. The second-order valence-electron chi connectivity index (χ2n) is 6.96. The van der Waals surface area contributed by atoms with Crippen LogP contribution in [0.15, 0.2) is 47.1 Å². The van der Waals surface area contributed by atoms with Crippen molar-refractivity contribution in [1.29, 1.82) is 0 Å². The maximum atomic E-state index is 12.9. The number of hydrogen-bond donors (Lipinski definition) is 0. The molecule has 26 heavy (non-hydrogen) atoms. The molecule has 1 aliphatic heterocycles. The van der Waals surface area contributed by atoms with Crippen LogP contribution in [-0.4, -0.2) is 38.7 Å². The van der Waals surface area contributed by atoms with Crippen molar-refractivity contribution < 1.29 is 9.21 Å². The smallest absolute Gasteiger partial charge is 0.293 e. The number of likely N-dealkylation sites (tertiary alicyclic amines) is 1. The molecule has 1 amide bonds. The highest BCUT2D eigenvalue weighted by molar-refractivity contribution is 5.91. The van der Waals surface area contributed by atoms with Gasteiger partial charge in [0, 0.05) is 13.1 Å². The minimum Gasteiger partial charge on any atom is -0.461 e. The van der Waals surface area contributed by atoms with Gasteiger partial charge in [0.25, 0.3) is 5.91 Å². The molecule has 0 saturated carbocycles. The second-order valence-corrected chi connectivity index (χ2v) is 6.96. The summed E-state index contributed by atoms with van der Waals surface area (Å²) in [4.78, 5) is 19.3. The fraction of sp³-hybridized carbons (Fsp3) is 0.350. The minimum absolute atomic E-state index is 0.115. The van der Waals surface area contributed by atoms with E-state index >= 15 is 0 Å². The molecule has 0 radical (unpaired) electrons. The predicted octanol–water partition coefficient (Wildman–Crippen LogP) is 3.71. The summed E-state index contributed by atoms with van der Waals surface area (Å²) in [5.41, 5.74) is 1.97. The maximum absolute atomic E-state index is 12.9. The predicted molar refractivity (Wildman–Crippen MR) is 98.1 cm³/mol. The third-order valence-electron chi connectivity index (χ3n) is 4.86. The number of carbonyl (C=O) groups is 1. The summed E-state index contributed by atoms with van der Waals surface area (Å²) < 4.78 is 7.20. The lowest BCUT2D eigenvalue weighted by Crippen LogP contribution is -2.38. The Hall–Kier alpha value is -2.89. The van der Waals surface area contributed by atoms with E-state index < -0.39 is 0 Å². The number of piperidine rings is 1. The number of rotatable bonds is 3. The van der Waals surface area contributed by atoms with Crippen molar-refractivity contribution in [3.05, 3.63) is 54.0 Å². The van der Waals surface area contributed by atoms with Crippen molar-refractivity contribution in [3.63, 3.8) is 0 Å². The fourth-order valence-electron chi connectivity index (χ4n) is 3.26. The van der Waals surface area contributed by atoms with Crippen LogP contribution in [0.4, 0.5) is 0 Å². The summed E-state index contributed by atoms with van der Waals surface area (Å²) in [7, 11) is 0. The zero-order valence-electron chi connectivity index (χ0n) is 15.1. The van der Waals surface area contributed by atoms with Gasteiger partial charge in [-0.2, -0.15) is 4.98 Å². The van der Waals surface area contributed by atoms with E-state index in [2.05, 4.69) is 17.0 Å². The molecule has 2 aromatic heterocycles. The molecule has 1 fully saturated rings. The highest BCUT2D eigenvalue weighted by Gasteiger charge is 2.26. The molecule has 134 valence electrons. The van der Waals surface area contributed by atoms with E-state index in [0.29, 0.717) is 17.5 Å². The van der Waals surface area contributed by atoms with Gasteiger partial charge in [-0.25, -0.2) is 4.68 Å². The largest absolute Gasteiger partial charge is 0.461 e. The first-order valence-corrected chi connectivity index (χ1v) is 8.99. The second kappa shape index (κ2) is 6.78. The topological polar surface area (TPSA) is 64.2 Å². The number of amides is 1. The van der Waals surface area contributed by atoms with Gasteiger partial charge >= 0.3 is 0 Å². The standard InChI is InChI=1S/C20H22N4O2/c1-14-8-10-23(11-9-14)20(25)18-21-19(17-7-4-12-26-17)24(22-18)16-6-3-5-15(2)13-16/h3-7,12-14H,8-11H2,1-2H3. The normalized spacial score (nSPS) is 15.4. The van der Waals surface area contributed by atoms with Crippen molar-refractivity contribution in [2.75, 3.05) is 13.1 Å². The molecule has 0 unspecified atom stereocenters. The van der Waals surface area contributed by atoms with Crippen molar-refractivity contribution in [2.24, 2.45) is 5.92 Å². The number of furan rings is 1. The molecule has 6 nitrogen and oxygen atoms in total. The van der Waals surface area contributed by atoms with Gasteiger partial charge in [-0.3, -0.25) is 4.79 Å². The molecule has 1 saturated heterocycles. The van der Waals surface area contributed by atoms with Gasteiger partial charge in [0.15, 0.2) is 11.6 Å². The first-order chi connectivity index (χ1) is 12.6. The van der Waals surface area contributed by atoms with Gasteiger partial charge in [-0.1, -0.05) is 19.1 Å². The molecular weight excluding hydrogens is 328 g/mol. The Bertz CT molecular complexity index is 906. The third-order valence-corrected chi connectivity index (χ3v) is 4.86. The Morgan fingerprint density at radius 1 is 1.19 bits per heavy atom. The maximum Gasteiger partial charge on any atom is 0.293 e. The Balaban J connectivity index is 1.73. The number of carbonyl (C=O) groups excluding carboxylic acids is 1. The molecule has 0 bridgehead atoms. The van der Waals surface area contributed by atoms with E-state index in [0.717, 1.165) is 37.2 Å². The molecule has 0 atom stereocenters. The number of hydrogen-bond acceptors (Lipinski definition) is 4. The van der Waals surface area contributed by atoms with Gasteiger partial charge in [-0.15, -0.1) is 5.10 Å². The zero-order valence-corrected chi connectivity index (χ0v) is 15.1. The van der Waals surface area contributed by atoms with Crippen molar-refractivity contribution >= 4 is 5.91 Å². The molecule has 3 heterocycles. The quantitative estimate of drug-likeness (QED) is 0.722. The first-order valence-electron chi connectivity index (χ1n) is 8.99. The van der Waals surface area contributed by atoms with Crippen LogP contribution in [0.2, 0.25) is 0 Å². The molecule has 6 heteroatoms. The van der Waals surface area contributed by atoms with E-state index in [9.17, 15) is 4.79 Å². The summed E-state index contributed by atoms with van der Waals surface area (Å²) in [5, 5.41) is 4.53. The Kier molecular flexibility index (Phi) is 4.32. The summed E-state index contributed by atoms with van der Waals surface area (Å²) in [5.74, 6) is 1.89. The highest BCUT2D eigenvalue weighted by atomic mass is 16.3. The Morgan fingerprint density at radius 3 is 2.69 bits per heavy atom. The van der Waals surface area contributed by atoms with Crippen molar-refractivity contribution in [3.8, 4) is 17.3 Å². The van der Waals surface area contributed by atoms with Crippen LogP contribution >= 0.6 is 0 Å². The Morgan fingerprint density at radius 2 is 2.00 bits per heavy atom. The van der Waals surface area contributed by atoms with Gasteiger partial charge in [0.1, 0.15) is 0 Å². The average molecular weight is 350 g/mol. The van der Waals surface area contributed by atoms with Crippen LogP contribution in [0.5, 0.6) is 0 Å². The summed E-state index contributed by atoms with van der Waals surface area (Å²) in [6.07, 6.45) is 3.64. The lowest BCUT2D eigenvalue weighted by Gasteiger charge is -2.29. The number of benzene rings is 1. The first kappa shape index (κ1) is 16.6. The number of aromatic nitrogens is 3. The monoisotopic (exact) mass is 350 g/mol. The van der Waals surface area contributed by atoms with Gasteiger partial charge < -0.3 is 9.32 Å². The SMILES string of the molecule is Cc1cccc(-n2nc(C(=O)N3CCC(C)CC3)nc2-c2ccco2)c1. The molecule has 0 aliphatic carbocycles. The summed E-state index contributed by atoms with van der Waals surface area (Å²) in [6.45, 7) is 5.76. The number of nitrogens with zero attached hydrogens (tertiary/aromatic N) is 4. The van der Waals surface area contributed by atoms with E-state index in [4.69, 9.17) is 4.42 Å². The fourth-order valence-corrected chi connectivity index (χ4v) is 3.26. The molecule has 3 aromatic rings. The minimum atomic E-state index is -0.115. The van der Waals surface area contributed by atoms with Crippen LogP contribution in [-0.2, 0) is 0 Å². The molecule has 1 aliphatic rings. The molecule has 0 spiro atoms. The Labute approximate surface area is 152 Å². The van der Waals surface area contributed by atoms with E-state index in [1.54, 1.807) is 17.0 Å². The molecule has 4 rings (SSSR count). The van der Waals surface area contributed by atoms with Crippen LogP contribution < -0.4 is 0 Å². The van der Waals surface area contributed by atoms with E-state index in [1.807, 2.05) is 42.2 Å². The van der Waals surface area contributed by atoms with Crippen LogP contribution in [0.25, 0.3) is 17.3 Å². The molecular formula is C20H22N4O2. The van der Waals surface area contributed by atoms with Gasteiger partial charge in [0.2, 0.25) is 5.82 Å². The van der Waals surface area contributed by atoms with Gasteiger partial charge in [-0.05, 0) is 55.5 Å². The molecule has 1 aromatic carbocycles. The van der Waals surface area contributed by atoms with Crippen LogP contribution in [0.3, 0.4) is 0 Å². The lowest BCUT2D eigenvalue weighted by atomic mass is 9.99. The van der Waals surface area contributed by atoms with E-state index in [-0.39, 0.29) is 11.7 Å². The average Bonchev–Trinajstić information content (AvgIpc) is 3.31. The van der Waals surface area contributed by atoms with Crippen molar-refractivity contribution in [1.82, 2.24) is 19.7 Å². The molecule has 0 N–H and O–H groups in total.